The number of ether oxygens (including phenoxy) is 1. The van der Waals surface area contributed by atoms with Crippen molar-refractivity contribution in [3.8, 4) is 11.3 Å². The Morgan fingerprint density at radius 1 is 0.879 bits per heavy atom. The first-order valence-electron chi connectivity index (χ1n) is 10.8. The van der Waals surface area contributed by atoms with Crippen LogP contribution in [0.4, 0.5) is 21.9 Å². The maximum atomic E-state index is 12.5. The van der Waals surface area contributed by atoms with Crippen molar-refractivity contribution in [2.45, 2.75) is 0 Å². The van der Waals surface area contributed by atoms with E-state index >= 15 is 0 Å². The van der Waals surface area contributed by atoms with Crippen LogP contribution >= 0.6 is 11.6 Å². The van der Waals surface area contributed by atoms with Crippen molar-refractivity contribution >= 4 is 45.6 Å². The number of amides is 2. The van der Waals surface area contributed by atoms with Crippen LogP contribution < -0.4 is 15.5 Å². The summed E-state index contributed by atoms with van der Waals surface area (Å²) in [7, 11) is 0. The number of carbonyl (C=O) groups excluding carboxylic acids is 1. The third-order valence-electron chi connectivity index (χ3n) is 5.57. The molecule has 4 aromatic rings. The summed E-state index contributed by atoms with van der Waals surface area (Å²) >= 11 is 5.92. The summed E-state index contributed by atoms with van der Waals surface area (Å²) in [5.41, 5.74) is 5.31. The lowest BCUT2D eigenvalue weighted by molar-refractivity contribution is 0.123. The number of fused-ring (bicyclic) bond motifs is 1. The summed E-state index contributed by atoms with van der Waals surface area (Å²) in [6, 6.07) is 24.7. The van der Waals surface area contributed by atoms with E-state index in [2.05, 4.69) is 33.7 Å². The fourth-order valence-corrected chi connectivity index (χ4v) is 4.06. The molecule has 0 spiro atoms. The molecule has 166 valence electrons. The molecule has 2 amide bonds. The second-order valence-corrected chi connectivity index (χ2v) is 8.25. The van der Waals surface area contributed by atoms with Gasteiger partial charge in [0, 0.05) is 46.1 Å². The van der Waals surface area contributed by atoms with Crippen LogP contribution in [-0.4, -0.2) is 37.3 Å². The van der Waals surface area contributed by atoms with E-state index in [0.717, 1.165) is 40.9 Å². The van der Waals surface area contributed by atoms with E-state index in [-0.39, 0.29) is 6.03 Å². The number of rotatable bonds is 4. The second-order valence-electron chi connectivity index (χ2n) is 7.81. The number of morpholine rings is 1. The van der Waals surface area contributed by atoms with Crippen LogP contribution in [0, 0.1) is 0 Å². The van der Waals surface area contributed by atoms with Crippen molar-refractivity contribution in [1.82, 2.24) is 4.98 Å². The van der Waals surface area contributed by atoms with Gasteiger partial charge in [0.1, 0.15) is 0 Å². The van der Waals surface area contributed by atoms with Crippen molar-refractivity contribution < 1.29 is 9.53 Å². The van der Waals surface area contributed by atoms with Crippen LogP contribution in [0.5, 0.6) is 0 Å². The highest BCUT2D eigenvalue weighted by Gasteiger charge is 2.17. The predicted octanol–water partition coefficient (Wildman–Crippen LogP) is 6.04. The lowest BCUT2D eigenvalue weighted by Crippen LogP contribution is -2.36. The molecule has 0 radical (unpaired) electrons. The number of halogens is 1. The standard InChI is InChI=1S/C26H23ClN4O2/c27-19-6-8-20(9-7-19)28-26(32)29-21-10-11-23-22(16-21)25(31-12-14-33-15-13-31)17-24(30-23)18-4-2-1-3-5-18/h1-11,16-17H,12-15H2,(H2,28,29,32). The van der Waals surface area contributed by atoms with E-state index in [1.54, 1.807) is 24.3 Å². The van der Waals surface area contributed by atoms with Crippen LogP contribution in [-0.2, 0) is 4.74 Å². The first-order chi connectivity index (χ1) is 16.2. The number of carbonyl (C=O) groups is 1. The molecule has 0 bridgehead atoms. The molecule has 33 heavy (non-hydrogen) atoms. The topological polar surface area (TPSA) is 66.5 Å². The lowest BCUT2D eigenvalue weighted by Gasteiger charge is -2.30. The Kier molecular flexibility index (Phi) is 6.11. The monoisotopic (exact) mass is 458 g/mol. The van der Waals surface area contributed by atoms with E-state index < -0.39 is 0 Å². The average Bonchev–Trinajstić information content (AvgIpc) is 2.86. The van der Waals surface area contributed by atoms with Gasteiger partial charge >= 0.3 is 6.03 Å². The lowest BCUT2D eigenvalue weighted by atomic mass is 10.1. The first kappa shape index (κ1) is 21.2. The predicted molar refractivity (Wildman–Crippen MR) is 134 cm³/mol. The molecule has 5 rings (SSSR count). The minimum atomic E-state index is -0.321. The number of pyridine rings is 1. The summed E-state index contributed by atoms with van der Waals surface area (Å²) in [4.78, 5) is 19.7. The highest BCUT2D eigenvalue weighted by molar-refractivity contribution is 6.30. The highest BCUT2D eigenvalue weighted by Crippen LogP contribution is 2.33. The van der Waals surface area contributed by atoms with Gasteiger partial charge in [0.15, 0.2) is 0 Å². The number of nitrogens with one attached hydrogen (secondary N) is 2. The molecule has 2 N–H and O–H groups in total. The molecule has 1 saturated heterocycles. The number of hydrogen-bond acceptors (Lipinski definition) is 4. The molecule has 0 saturated carbocycles. The molecule has 2 heterocycles. The Morgan fingerprint density at radius 2 is 1.58 bits per heavy atom. The maximum Gasteiger partial charge on any atom is 0.323 e. The van der Waals surface area contributed by atoms with Crippen LogP contribution in [0.3, 0.4) is 0 Å². The van der Waals surface area contributed by atoms with Crippen molar-refractivity contribution in [3.05, 3.63) is 83.9 Å². The van der Waals surface area contributed by atoms with Gasteiger partial charge < -0.3 is 20.3 Å². The molecule has 0 aliphatic carbocycles. The minimum Gasteiger partial charge on any atom is -0.378 e. The number of nitrogens with zero attached hydrogens (tertiary/aromatic N) is 2. The fourth-order valence-electron chi connectivity index (χ4n) is 3.94. The van der Waals surface area contributed by atoms with Gasteiger partial charge in [-0.3, -0.25) is 0 Å². The van der Waals surface area contributed by atoms with Gasteiger partial charge in [0.05, 0.1) is 24.4 Å². The molecule has 0 atom stereocenters. The van der Waals surface area contributed by atoms with Gasteiger partial charge in [-0.2, -0.15) is 0 Å². The van der Waals surface area contributed by atoms with Gasteiger partial charge in [0.25, 0.3) is 0 Å². The van der Waals surface area contributed by atoms with Crippen molar-refractivity contribution in [2.24, 2.45) is 0 Å². The zero-order valence-corrected chi connectivity index (χ0v) is 18.7. The normalized spacial score (nSPS) is 13.7. The van der Waals surface area contributed by atoms with E-state index in [1.807, 2.05) is 36.4 Å². The molecule has 6 nitrogen and oxygen atoms in total. The number of anilines is 3. The van der Waals surface area contributed by atoms with E-state index in [4.69, 9.17) is 21.3 Å². The summed E-state index contributed by atoms with van der Waals surface area (Å²) in [6.45, 7) is 2.99. The number of urea groups is 1. The van der Waals surface area contributed by atoms with Crippen molar-refractivity contribution in [3.63, 3.8) is 0 Å². The molecule has 1 aliphatic rings. The van der Waals surface area contributed by atoms with E-state index in [0.29, 0.717) is 29.6 Å². The summed E-state index contributed by atoms with van der Waals surface area (Å²) in [5, 5.41) is 7.35. The Labute approximate surface area is 197 Å². The molecular weight excluding hydrogens is 436 g/mol. The van der Waals surface area contributed by atoms with E-state index in [9.17, 15) is 4.79 Å². The Morgan fingerprint density at radius 3 is 2.33 bits per heavy atom. The Balaban J connectivity index is 1.48. The zero-order valence-electron chi connectivity index (χ0n) is 17.9. The van der Waals surface area contributed by atoms with Gasteiger partial charge in [-0.1, -0.05) is 41.9 Å². The zero-order chi connectivity index (χ0) is 22.6. The quantitative estimate of drug-likeness (QED) is 0.391. The minimum absolute atomic E-state index is 0.321. The fraction of sp³-hybridized carbons (Fsp3) is 0.154. The van der Waals surface area contributed by atoms with E-state index in [1.165, 1.54) is 0 Å². The van der Waals surface area contributed by atoms with Crippen LogP contribution in [0.2, 0.25) is 5.02 Å². The number of hydrogen-bond donors (Lipinski definition) is 2. The molecule has 1 fully saturated rings. The summed E-state index contributed by atoms with van der Waals surface area (Å²) in [6.07, 6.45) is 0. The van der Waals surface area contributed by atoms with Gasteiger partial charge in [0.2, 0.25) is 0 Å². The first-order valence-corrected chi connectivity index (χ1v) is 11.2. The molecule has 1 aromatic heterocycles. The van der Waals surface area contributed by atoms with Crippen molar-refractivity contribution in [1.29, 1.82) is 0 Å². The second kappa shape index (κ2) is 9.48. The van der Waals surface area contributed by atoms with Crippen LogP contribution in [0.25, 0.3) is 22.2 Å². The van der Waals surface area contributed by atoms with Crippen molar-refractivity contribution in [2.75, 3.05) is 41.8 Å². The summed E-state index contributed by atoms with van der Waals surface area (Å²) in [5.74, 6) is 0. The van der Waals surface area contributed by atoms with Crippen LogP contribution in [0.1, 0.15) is 0 Å². The Bertz CT molecular complexity index is 1270. The largest absolute Gasteiger partial charge is 0.378 e. The number of benzene rings is 3. The summed E-state index contributed by atoms with van der Waals surface area (Å²) < 4.78 is 5.56. The van der Waals surface area contributed by atoms with Crippen LogP contribution in [0.15, 0.2) is 78.9 Å². The van der Waals surface area contributed by atoms with Gasteiger partial charge in [-0.15, -0.1) is 0 Å². The SMILES string of the molecule is O=C(Nc1ccc(Cl)cc1)Nc1ccc2nc(-c3ccccc3)cc(N3CCOCC3)c2c1. The Hall–Kier alpha value is -3.61. The third kappa shape index (κ3) is 4.92. The average molecular weight is 459 g/mol. The molecule has 3 aromatic carbocycles. The molecule has 0 unspecified atom stereocenters. The highest BCUT2D eigenvalue weighted by atomic mass is 35.5. The molecular formula is C26H23ClN4O2. The number of aromatic nitrogens is 1. The molecule has 1 aliphatic heterocycles. The van der Waals surface area contributed by atoms with Gasteiger partial charge in [-0.25, -0.2) is 9.78 Å². The van der Waals surface area contributed by atoms with Gasteiger partial charge in [-0.05, 0) is 48.5 Å². The molecule has 7 heteroatoms. The third-order valence-corrected chi connectivity index (χ3v) is 5.82. The maximum absolute atomic E-state index is 12.5. The smallest absolute Gasteiger partial charge is 0.323 e.